The Bertz CT molecular complexity index is 706. The second kappa shape index (κ2) is 11.6. The highest BCUT2D eigenvalue weighted by Crippen LogP contribution is 2.25. The van der Waals surface area contributed by atoms with Gasteiger partial charge in [-0.25, -0.2) is 13.1 Å². The van der Waals surface area contributed by atoms with Crippen LogP contribution in [0.1, 0.15) is 38.2 Å². The summed E-state index contributed by atoms with van der Waals surface area (Å²) >= 11 is 0. The highest BCUT2D eigenvalue weighted by atomic mass is 35.5. The summed E-state index contributed by atoms with van der Waals surface area (Å²) in [4.78, 5) is 11.3. The molecule has 1 heterocycles. The first-order chi connectivity index (χ1) is 12.8. The molecule has 7 nitrogen and oxygen atoms in total. The number of carboxylic acids is 1. The molecule has 1 fully saturated rings. The van der Waals surface area contributed by atoms with E-state index >= 15 is 0 Å². The highest BCUT2D eigenvalue weighted by Gasteiger charge is 2.25. The number of halogens is 1. The predicted octanol–water partition coefficient (Wildman–Crippen LogP) is 2.20. The van der Waals surface area contributed by atoms with E-state index in [1.807, 2.05) is 12.1 Å². The molecular weight excluding hydrogens is 404 g/mol. The van der Waals surface area contributed by atoms with Crippen molar-refractivity contribution < 1.29 is 23.1 Å². The molecule has 0 saturated carbocycles. The molecule has 160 valence electrons. The summed E-state index contributed by atoms with van der Waals surface area (Å²) in [6, 6.07) is 6.06. The second-order valence-corrected chi connectivity index (χ2v) is 8.94. The average molecular weight is 435 g/mol. The first-order valence-corrected chi connectivity index (χ1v) is 11.3. The van der Waals surface area contributed by atoms with Crippen LogP contribution in [0, 0.1) is 5.92 Å². The van der Waals surface area contributed by atoms with Crippen LogP contribution in [0.15, 0.2) is 24.3 Å². The summed E-state index contributed by atoms with van der Waals surface area (Å²) in [7, 11) is -3.59. The minimum Gasteiger partial charge on any atom is -0.490 e. The van der Waals surface area contributed by atoms with Crippen LogP contribution in [0.3, 0.4) is 0 Å². The lowest BCUT2D eigenvalue weighted by atomic mass is 9.89. The zero-order chi connectivity index (χ0) is 19.9. The Kier molecular flexibility index (Phi) is 10.2. The Morgan fingerprint density at radius 3 is 2.39 bits per heavy atom. The van der Waals surface area contributed by atoms with Gasteiger partial charge in [0.25, 0.3) is 0 Å². The number of carboxylic acid groups (broad SMARTS) is 1. The molecule has 1 aromatic rings. The number of ether oxygens (including phenoxy) is 1. The van der Waals surface area contributed by atoms with E-state index in [2.05, 4.69) is 17.0 Å². The largest absolute Gasteiger partial charge is 0.490 e. The normalized spacial score (nSPS) is 17.4. The monoisotopic (exact) mass is 434 g/mol. The number of nitrogens with one attached hydrogen (secondary N) is 2. The van der Waals surface area contributed by atoms with Gasteiger partial charge in [0.15, 0.2) is 0 Å². The molecule has 0 aliphatic carbocycles. The van der Waals surface area contributed by atoms with E-state index in [0.29, 0.717) is 5.92 Å². The van der Waals surface area contributed by atoms with E-state index in [9.17, 15) is 18.3 Å². The molecule has 3 N–H and O–H groups in total. The van der Waals surface area contributed by atoms with Gasteiger partial charge in [0.05, 0.1) is 6.26 Å². The Labute approximate surface area is 173 Å². The Morgan fingerprint density at radius 1 is 1.29 bits per heavy atom. The smallest absolute Gasteiger partial charge is 0.322 e. The van der Waals surface area contributed by atoms with E-state index < -0.39 is 22.0 Å². The van der Waals surface area contributed by atoms with Crippen molar-refractivity contribution in [2.75, 3.05) is 19.3 Å². The molecule has 2 unspecified atom stereocenters. The molecule has 1 aromatic carbocycles. The highest BCUT2D eigenvalue weighted by molar-refractivity contribution is 7.88. The molecule has 0 amide bonds. The fourth-order valence-corrected chi connectivity index (χ4v) is 4.14. The van der Waals surface area contributed by atoms with E-state index in [-0.39, 0.29) is 24.9 Å². The summed E-state index contributed by atoms with van der Waals surface area (Å²) in [5.74, 6) is 0.106. The van der Waals surface area contributed by atoms with Gasteiger partial charge in [0, 0.05) is 0 Å². The molecule has 0 bridgehead atoms. The fraction of sp³-hybridized carbons (Fsp3) is 0.632. The lowest BCUT2D eigenvalue weighted by Gasteiger charge is -2.31. The van der Waals surface area contributed by atoms with Gasteiger partial charge in [-0.2, -0.15) is 0 Å². The number of benzene rings is 1. The van der Waals surface area contributed by atoms with Crippen molar-refractivity contribution in [2.24, 2.45) is 5.92 Å². The van der Waals surface area contributed by atoms with Crippen LogP contribution in [0.2, 0.25) is 0 Å². The van der Waals surface area contributed by atoms with Crippen molar-refractivity contribution >= 4 is 28.4 Å². The number of aliphatic carboxylic acids is 1. The van der Waals surface area contributed by atoms with E-state index in [1.54, 1.807) is 12.1 Å². The predicted molar refractivity (Wildman–Crippen MR) is 112 cm³/mol. The van der Waals surface area contributed by atoms with Crippen molar-refractivity contribution in [3.05, 3.63) is 29.8 Å². The maximum absolute atomic E-state index is 11.3. The molecule has 0 aromatic heterocycles. The summed E-state index contributed by atoms with van der Waals surface area (Å²) < 4.78 is 31.0. The van der Waals surface area contributed by atoms with Crippen molar-refractivity contribution in [1.82, 2.24) is 10.0 Å². The fourth-order valence-electron chi connectivity index (χ4n) is 3.44. The first-order valence-electron chi connectivity index (χ1n) is 9.45. The molecule has 1 aliphatic rings. The summed E-state index contributed by atoms with van der Waals surface area (Å²) in [6.45, 7) is 4.20. The Balaban J connectivity index is 0.00000392. The molecule has 0 spiro atoms. The number of piperidine rings is 1. The second-order valence-electron chi connectivity index (χ2n) is 7.16. The minimum atomic E-state index is -3.59. The van der Waals surface area contributed by atoms with Crippen molar-refractivity contribution in [3.8, 4) is 5.75 Å². The molecule has 9 heteroatoms. The van der Waals surface area contributed by atoms with Crippen molar-refractivity contribution in [3.63, 3.8) is 0 Å². The van der Waals surface area contributed by atoms with Gasteiger partial charge in [0.1, 0.15) is 17.9 Å². The van der Waals surface area contributed by atoms with Gasteiger partial charge in [-0.05, 0) is 62.4 Å². The zero-order valence-corrected chi connectivity index (χ0v) is 18.0. The molecule has 0 radical (unpaired) electrons. The maximum Gasteiger partial charge on any atom is 0.322 e. The van der Waals surface area contributed by atoms with E-state index in [4.69, 9.17) is 4.74 Å². The lowest BCUT2D eigenvalue weighted by molar-refractivity contribution is -0.138. The third-order valence-electron chi connectivity index (χ3n) is 4.79. The van der Waals surface area contributed by atoms with Gasteiger partial charge in [0.2, 0.25) is 10.0 Å². The summed E-state index contributed by atoms with van der Waals surface area (Å²) in [5.41, 5.74) is 0.736. The molecule has 28 heavy (non-hydrogen) atoms. The third kappa shape index (κ3) is 8.34. The van der Waals surface area contributed by atoms with Gasteiger partial charge < -0.3 is 15.2 Å². The topological polar surface area (TPSA) is 105 Å². The Morgan fingerprint density at radius 2 is 1.89 bits per heavy atom. The van der Waals surface area contributed by atoms with Crippen LogP contribution in [-0.2, 0) is 21.2 Å². The number of sulfonamides is 1. The quantitative estimate of drug-likeness (QED) is 0.521. The van der Waals surface area contributed by atoms with Gasteiger partial charge in [-0.1, -0.05) is 25.5 Å². The molecule has 2 rings (SSSR count). The van der Waals surface area contributed by atoms with Crippen LogP contribution in [0.25, 0.3) is 0 Å². The minimum absolute atomic E-state index is 0. The molecule has 1 saturated heterocycles. The SMILES string of the molecule is CCCC(Oc1ccc(CC(NS(C)(=O)=O)C(=O)O)cc1)C1CCNCC1.Cl. The first kappa shape index (κ1) is 24.7. The maximum atomic E-state index is 11.3. The van der Waals surface area contributed by atoms with Gasteiger partial charge >= 0.3 is 5.97 Å². The number of hydrogen-bond donors (Lipinski definition) is 3. The number of rotatable bonds is 10. The van der Waals surface area contributed by atoms with Crippen LogP contribution < -0.4 is 14.8 Å². The molecular formula is C19H31ClN2O5S. The standard InChI is InChI=1S/C19H30N2O5S.ClH/c1-3-4-18(15-9-11-20-12-10-15)26-16-7-5-14(6-8-16)13-17(19(22)23)21-27(2,24)25;/h5-8,15,17-18,20-21H,3-4,9-13H2,1-2H3,(H,22,23);1H. The van der Waals surface area contributed by atoms with Crippen LogP contribution in [0.4, 0.5) is 0 Å². The van der Waals surface area contributed by atoms with Gasteiger partial charge in [-0.15, -0.1) is 12.4 Å². The number of hydrogen-bond acceptors (Lipinski definition) is 5. The van der Waals surface area contributed by atoms with Gasteiger partial charge in [-0.3, -0.25) is 4.79 Å². The van der Waals surface area contributed by atoms with Crippen LogP contribution in [-0.4, -0.2) is 51.0 Å². The van der Waals surface area contributed by atoms with Crippen molar-refractivity contribution in [2.45, 2.75) is 51.2 Å². The zero-order valence-electron chi connectivity index (χ0n) is 16.4. The van der Waals surface area contributed by atoms with E-state index in [1.165, 1.54) is 0 Å². The summed E-state index contributed by atoms with van der Waals surface area (Å²) in [5, 5.41) is 12.6. The molecule has 1 aliphatic heterocycles. The van der Waals surface area contributed by atoms with E-state index in [0.717, 1.165) is 56.3 Å². The lowest BCUT2D eigenvalue weighted by Crippen LogP contribution is -2.41. The Hall–Kier alpha value is -1.35. The van der Waals surface area contributed by atoms with Crippen molar-refractivity contribution in [1.29, 1.82) is 0 Å². The molecule has 2 atom stereocenters. The average Bonchev–Trinajstić information content (AvgIpc) is 2.62. The van der Waals surface area contributed by atoms with Crippen LogP contribution >= 0.6 is 12.4 Å². The summed E-state index contributed by atoms with van der Waals surface area (Å²) in [6.07, 6.45) is 5.50. The number of carbonyl (C=O) groups is 1. The third-order valence-corrected chi connectivity index (χ3v) is 5.50. The van der Waals surface area contributed by atoms with Crippen LogP contribution in [0.5, 0.6) is 5.75 Å².